The molecular formula is C42H32N8O8. The second-order valence-corrected chi connectivity index (χ2v) is 12.2. The molecule has 288 valence electrons. The number of carboxylic acid groups (broad SMARTS) is 4. The van der Waals surface area contributed by atoms with E-state index in [-0.39, 0.29) is 11.6 Å². The van der Waals surface area contributed by atoms with Crippen molar-refractivity contribution >= 4 is 94.3 Å². The van der Waals surface area contributed by atoms with Crippen LogP contribution in [-0.2, 0) is 19.2 Å². The number of carbonyl (C=O) groups is 4. The van der Waals surface area contributed by atoms with Gasteiger partial charge in [-0.15, -0.1) is 0 Å². The fourth-order valence-electron chi connectivity index (χ4n) is 5.16. The molecule has 0 spiro atoms. The molecule has 0 bridgehead atoms. The number of nitrogens with one attached hydrogen (secondary N) is 4. The maximum Gasteiger partial charge on any atom is 0.328 e. The van der Waals surface area contributed by atoms with Crippen LogP contribution in [0.15, 0.2) is 153 Å². The number of anilines is 4. The lowest BCUT2D eigenvalue weighted by molar-refractivity contribution is -0.132. The maximum atomic E-state index is 11.0. The summed E-state index contributed by atoms with van der Waals surface area (Å²) in [5.74, 6) is -2.75. The molecule has 4 aromatic rings. The van der Waals surface area contributed by atoms with Crippen molar-refractivity contribution in [2.75, 3.05) is 21.3 Å². The molecule has 0 amide bonds. The Bertz CT molecular complexity index is 2180. The summed E-state index contributed by atoms with van der Waals surface area (Å²) in [6.07, 6.45) is 10.0. The van der Waals surface area contributed by atoms with Gasteiger partial charge in [0.15, 0.2) is 23.3 Å². The highest BCUT2D eigenvalue weighted by atomic mass is 16.4. The molecule has 58 heavy (non-hydrogen) atoms. The minimum absolute atomic E-state index is 0.145. The van der Waals surface area contributed by atoms with Gasteiger partial charge in [-0.05, 0) is 95.1 Å². The number of carboxylic acids is 4. The van der Waals surface area contributed by atoms with Crippen LogP contribution in [0.1, 0.15) is 22.3 Å². The van der Waals surface area contributed by atoms with Gasteiger partial charge in [0, 0.05) is 47.1 Å². The van der Waals surface area contributed by atoms with Crippen molar-refractivity contribution < 1.29 is 39.6 Å². The van der Waals surface area contributed by atoms with Crippen LogP contribution in [0.4, 0.5) is 22.7 Å². The molecular weight excluding hydrogens is 745 g/mol. The molecule has 4 aromatic carbocycles. The lowest BCUT2D eigenvalue weighted by Gasteiger charge is -2.11. The number of benzene rings is 4. The van der Waals surface area contributed by atoms with E-state index in [2.05, 4.69) is 21.3 Å². The Morgan fingerprint density at radius 1 is 0.345 bits per heavy atom. The Balaban J connectivity index is 1.35. The van der Waals surface area contributed by atoms with Crippen LogP contribution >= 0.6 is 0 Å². The Kier molecular flexibility index (Phi) is 12.2. The fourth-order valence-corrected chi connectivity index (χ4v) is 5.16. The highest BCUT2D eigenvalue weighted by Gasteiger charge is 2.26. The van der Waals surface area contributed by atoms with Gasteiger partial charge in [0.25, 0.3) is 0 Å². The third kappa shape index (κ3) is 11.2. The second kappa shape index (κ2) is 18.1. The third-order valence-corrected chi connectivity index (χ3v) is 7.89. The quantitative estimate of drug-likeness (QED) is 0.0712. The zero-order chi connectivity index (χ0) is 41.0. The van der Waals surface area contributed by atoms with Crippen molar-refractivity contribution in [1.29, 1.82) is 0 Å². The second-order valence-electron chi connectivity index (χ2n) is 12.2. The number of hydrogen-bond donors (Lipinski definition) is 8. The molecule has 16 heteroatoms. The van der Waals surface area contributed by atoms with Crippen LogP contribution in [0.3, 0.4) is 0 Å². The summed E-state index contributed by atoms with van der Waals surface area (Å²) in [5.41, 5.74) is 5.14. The molecule has 6 rings (SSSR count). The van der Waals surface area contributed by atoms with Crippen LogP contribution in [0, 0.1) is 0 Å². The van der Waals surface area contributed by atoms with Crippen LogP contribution in [-0.4, -0.2) is 67.6 Å². The lowest BCUT2D eigenvalue weighted by Crippen LogP contribution is -2.27. The normalized spacial score (nSPS) is 13.8. The topological polar surface area (TPSA) is 247 Å². The van der Waals surface area contributed by atoms with Gasteiger partial charge in [0.1, 0.15) is 0 Å². The number of aliphatic carboxylic acids is 4. The summed E-state index contributed by atoms with van der Waals surface area (Å²) in [5, 5.41) is 48.9. The molecule has 16 nitrogen and oxygen atoms in total. The number of rotatable bonds is 12. The van der Waals surface area contributed by atoms with E-state index in [0.29, 0.717) is 68.3 Å². The first-order valence-corrected chi connectivity index (χ1v) is 17.2. The Morgan fingerprint density at radius 2 is 0.534 bits per heavy atom. The first kappa shape index (κ1) is 39.0. The summed E-state index contributed by atoms with van der Waals surface area (Å²) in [6, 6.07) is 27.8. The molecule has 0 radical (unpaired) electrons. The number of nitrogens with zero attached hydrogens (tertiary/aromatic N) is 4. The van der Waals surface area contributed by atoms with Gasteiger partial charge in [-0.3, -0.25) is 0 Å². The number of hydrogen-bond acceptors (Lipinski definition) is 12. The average molecular weight is 777 g/mol. The smallest absolute Gasteiger partial charge is 0.328 e. The molecule has 0 saturated carbocycles. The summed E-state index contributed by atoms with van der Waals surface area (Å²) >= 11 is 0. The molecule has 0 atom stereocenters. The zero-order valence-electron chi connectivity index (χ0n) is 30.1. The van der Waals surface area contributed by atoms with E-state index in [1.807, 2.05) is 0 Å². The molecule has 2 aliphatic heterocycles. The van der Waals surface area contributed by atoms with Crippen LogP contribution < -0.4 is 21.3 Å². The predicted molar refractivity (Wildman–Crippen MR) is 224 cm³/mol. The summed E-state index contributed by atoms with van der Waals surface area (Å²) in [4.78, 5) is 62.8. The van der Waals surface area contributed by atoms with Crippen LogP contribution in [0.2, 0.25) is 0 Å². The molecule has 0 unspecified atom stereocenters. The van der Waals surface area contributed by atoms with Crippen molar-refractivity contribution in [3.63, 3.8) is 0 Å². The van der Waals surface area contributed by atoms with E-state index in [4.69, 9.17) is 40.4 Å². The third-order valence-electron chi connectivity index (χ3n) is 7.89. The standard InChI is InChI=1S/C42H32N8O8/c51-33(52)21-9-25-1-13-29(14-2-25)43-37-38(44-30-15-3-26(4-16-30)10-22-34(53)54)48-41(47-37)42-49-39(45-31-17-5-27(6-18-31)11-23-35(55)56)40(50-42)46-32-19-7-28(8-20-32)12-24-36(57)58/h1-24H,(H,43,47)(H,44,48)(H,45,49)(H,46,50)(H,51,52)(H,53,54)(H,55,56)(H,57,58)/b21-9-,22-10-,23-11-,24-12-. The molecule has 8 N–H and O–H groups in total. The van der Waals surface area contributed by atoms with Gasteiger partial charge in [0.2, 0.25) is 11.6 Å². The Hall–Kier alpha value is -8.66. The van der Waals surface area contributed by atoms with E-state index < -0.39 is 23.9 Å². The molecule has 2 heterocycles. The molecule has 0 aliphatic carbocycles. The van der Waals surface area contributed by atoms with E-state index >= 15 is 0 Å². The summed E-state index contributed by atoms with van der Waals surface area (Å²) in [7, 11) is 0. The van der Waals surface area contributed by atoms with Gasteiger partial charge in [0.05, 0.1) is 0 Å². The van der Waals surface area contributed by atoms with Gasteiger partial charge < -0.3 is 41.7 Å². The molecule has 0 aromatic heterocycles. The minimum atomic E-state index is -1.07. The van der Waals surface area contributed by atoms with Crippen molar-refractivity contribution in [2.45, 2.75) is 0 Å². The fraction of sp³-hybridized carbons (Fsp3) is 0. The van der Waals surface area contributed by atoms with Crippen molar-refractivity contribution in [1.82, 2.24) is 0 Å². The van der Waals surface area contributed by atoms with Gasteiger partial charge in [-0.1, -0.05) is 48.5 Å². The Labute approximate surface area is 329 Å². The van der Waals surface area contributed by atoms with Crippen molar-refractivity contribution in [3.8, 4) is 0 Å². The first-order chi connectivity index (χ1) is 27.9. The molecule has 2 aliphatic rings. The maximum absolute atomic E-state index is 11.0. The zero-order valence-corrected chi connectivity index (χ0v) is 30.1. The number of amidine groups is 4. The highest BCUT2D eigenvalue weighted by molar-refractivity contribution is 6.51. The monoisotopic (exact) mass is 776 g/mol. The lowest BCUT2D eigenvalue weighted by atomic mass is 10.2. The van der Waals surface area contributed by atoms with E-state index in [1.165, 1.54) is 24.3 Å². The van der Waals surface area contributed by atoms with Crippen LogP contribution in [0.5, 0.6) is 0 Å². The predicted octanol–water partition coefficient (Wildman–Crippen LogP) is 6.57. The molecule has 0 fully saturated rings. The largest absolute Gasteiger partial charge is 0.478 e. The van der Waals surface area contributed by atoms with Crippen LogP contribution in [0.25, 0.3) is 24.3 Å². The number of aliphatic imine (C=N–C) groups is 4. The van der Waals surface area contributed by atoms with E-state index in [1.54, 1.807) is 97.1 Å². The minimum Gasteiger partial charge on any atom is -0.478 e. The highest BCUT2D eigenvalue weighted by Crippen LogP contribution is 2.25. The Morgan fingerprint density at radius 3 is 0.707 bits per heavy atom. The molecule has 0 saturated heterocycles. The van der Waals surface area contributed by atoms with Crippen molar-refractivity contribution in [3.05, 3.63) is 155 Å². The average Bonchev–Trinajstić information content (AvgIpc) is 3.79. The van der Waals surface area contributed by atoms with Gasteiger partial charge in [-0.25, -0.2) is 39.1 Å². The van der Waals surface area contributed by atoms with Crippen molar-refractivity contribution in [2.24, 2.45) is 20.0 Å². The van der Waals surface area contributed by atoms with Gasteiger partial charge in [-0.2, -0.15) is 0 Å². The van der Waals surface area contributed by atoms with E-state index in [0.717, 1.165) is 24.3 Å². The van der Waals surface area contributed by atoms with E-state index in [9.17, 15) is 19.2 Å². The first-order valence-electron chi connectivity index (χ1n) is 17.2. The summed E-state index contributed by atoms with van der Waals surface area (Å²) < 4.78 is 0. The SMILES string of the molecule is O=C(O)/C=C\c1ccc(NC2=NC(=C3N=C(Nc4ccc(/C=C\C(=O)O)cc4)C(Nc4ccc(/C=C\C(=O)O)cc4)=N3)N=C2Nc2ccc(/C=C\C(=O)O)cc2)cc1. The summed E-state index contributed by atoms with van der Waals surface area (Å²) in [6.45, 7) is 0. The van der Waals surface area contributed by atoms with Gasteiger partial charge >= 0.3 is 23.9 Å².